The third kappa shape index (κ3) is 7.09. The highest BCUT2D eigenvalue weighted by Crippen LogP contribution is 2.12. The Balaban J connectivity index is 1.52. The molecule has 0 aliphatic carbocycles. The molecule has 0 spiro atoms. The lowest BCUT2D eigenvalue weighted by Gasteiger charge is -2.10. The molecular formula is C24H23N3O5S. The zero-order valence-corrected chi connectivity index (χ0v) is 18.5. The number of rotatable bonds is 9. The number of sulfonamides is 1. The first-order chi connectivity index (χ1) is 15.8. The van der Waals surface area contributed by atoms with E-state index in [4.69, 9.17) is 0 Å². The van der Waals surface area contributed by atoms with Gasteiger partial charge in [0.25, 0.3) is 5.91 Å². The smallest absolute Gasteiger partial charge is 0.269 e. The summed E-state index contributed by atoms with van der Waals surface area (Å²) in [7, 11) is -3.85. The van der Waals surface area contributed by atoms with Gasteiger partial charge < -0.3 is 0 Å². The summed E-state index contributed by atoms with van der Waals surface area (Å²) in [5.41, 5.74) is 5.83. The standard InChI is InChI=1S/C24H23N3O5S/c28-22(19-10-5-2-6-11-19)14-15-23(29)26-27-24(30)20-12-7-13-21(16-20)33(31,32)25-17-18-8-3-1-4-9-18/h1-13,16,25H,14-15,17H2,(H,26,29)(H,27,30). The van der Waals surface area contributed by atoms with Gasteiger partial charge in [-0.1, -0.05) is 66.7 Å². The number of Topliss-reactive ketones (excluding diaryl/α,β-unsaturated/α-hetero) is 1. The lowest BCUT2D eigenvalue weighted by molar-refractivity contribution is -0.121. The van der Waals surface area contributed by atoms with Crippen molar-refractivity contribution in [2.75, 3.05) is 0 Å². The van der Waals surface area contributed by atoms with Gasteiger partial charge in [0.05, 0.1) is 4.90 Å². The summed E-state index contributed by atoms with van der Waals surface area (Å²) in [4.78, 5) is 36.3. The molecule has 3 aromatic rings. The van der Waals surface area contributed by atoms with E-state index in [2.05, 4.69) is 15.6 Å². The number of nitrogens with one attached hydrogen (secondary N) is 3. The van der Waals surface area contributed by atoms with Gasteiger partial charge in [-0.25, -0.2) is 13.1 Å². The highest BCUT2D eigenvalue weighted by Gasteiger charge is 2.17. The third-order valence-electron chi connectivity index (χ3n) is 4.71. The van der Waals surface area contributed by atoms with E-state index >= 15 is 0 Å². The van der Waals surface area contributed by atoms with Crippen molar-refractivity contribution >= 4 is 27.6 Å². The van der Waals surface area contributed by atoms with Crippen molar-refractivity contribution in [2.24, 2.45) is 0 Å². The monoisotopic (exact) mass is 465 g/mol. The zero-order valence-electron chi connectivity index (χ0n) is 17.7. The molecule has 0 aliphatic rings. The molecule has 170 valence electrons. The Morgan fingerprint density at radius 2 is 1.33 bits per heavy atom. The van der Waals surface area contributed by atoms with Crippen LogP contribution in [0.4, 0.5) is 0 Å². The maximum atomic E-state index is 12.6. The van der Waals surface area contributed by atoms with Crippen LogP contribution in [0.2, 0.25) is 0 Å². The van der Waals surface area contributed by atoms with Gasteiger partial charge in [-0.3, -0.25) is 25.2 Å². The lowest BCUT2D eigenvalue weighted by atomic mass is 10.1. The highest BCUT2D eigenvalue weighted by atomic mass is 32.2. The van der Waals surface area contributed by atoms with Gasteiger partial charge in [-0.2, -0.15) is 0 Å². The number of carbonyl (C=O) groups is 3. The van der Waals surface area contributed by atoms with Crippen molar-refractivity contribution in [2.45, 2.75) is 24.3 Å². The van der Waals surface area contributed by atoms with Crippen molar-refractivity contribution in [3.05, 3.63) is 102 Å². The number of carbonyl (C=O) groups excluding carboxylic acids is 3. The number of amides is 2. The van der Waals surface area contributed by atoms with Crippen LogP contribution in [0.15, 0.2) is 89.8 Å². The molecule has 33 heavy (non-hydrogen) atoms. The van der Waals surface area contributed by atoms with E-state index in [1.165, 1.54) is 24.3 Å². The van der Waals surface area contributed by atoms with E-state index in [1.807, 2.05) is 6.07 Å². The number of hydrogen-bond donors (Lipinski definition) is 3. The molecule has 0 aliphatic heterocycles. The maximum absolute atomic E-state index is 12.6. The second-order valence-electron chi connectivity index (χ2n) is 7.13. The Morgan fingerprint density at radius 1 is 0.697 bits per heavy atom. The Kier molecular flexibility index (Phi) is 8.06. The Hall–Kier alpha value is -3.82. The van der Waals surface area contributed by atoms with Gasteiger partial charge in [0, 0.05) is 30.5 Å². The Bertz CT molecular complexity index is 1230. The van der Waals surface area contributed by atoms with E-state index in [0.29, 0.717) is 5.56 Å². The van der Waals surface area contributed by atoms with Crippen LogP contribution < -0.4 is 15.6 Å². The molecular weight excluding hydrogens is 442 g/mol. The molecule has 2 amide bonds. The molecule has 0 saturated heterocycles. The summed E-state index contributed by atoms with van der Waals surface area (Å²) in [6, 6.07) is 23.1. The van der Waals surface area contributed by atoms with Gasteiger partial charge in [0.2, 0.25) is 15.9 Å². The first-order valence-corrected chi connectivity index (χ1v) is 11.6. The van der Waals surface area contributed by atoms with Crippen LogP contribution >= 0.6 is 0 Å². The quantitative estimate of drug-likeness (QED) is 0.331. The molecule has 0 atom stereocenters. The fourth-order valence-electron chi connectivity index (χ4n) is 2.92. The minimum Gasteiger partial charge on any atom is -0.294 e. The Labute approximate surface area is 192 Å². The minimum absolute atomic E-state index is 0.00741. The molecule has 9 heteroatoms. The van der Waals surface area contributed by atoms with Gasteiger partial charge >= 0.3 is 0 Å². The van der Waals surface area contributed by atoms with E-state index in [-0.39, 0.29) is 35.6 Å². The number of hydrazine groups is 1. The van der Waals surface area contributed by atoms with Crippen molar-refractivity contribution < 1.29 is 22.8 Å². The first kappa shape index (κ1) is 23.8. The molecule has 0 aromatic heterocycles. The van der Waals surface area contributed by atoms with E-state index < -0.39 is 21.8 Å². The summed E-state index contributed by atoms with van der Waals surface area (Å²) >= 11 is 0. The topological polar surface area (TPSA) is 121 Å². The predicted octanol–water partition coefficient (Wildman–Crippen LogP) is 2.59. The summed E-state index contributed by atoms with van der Waals surface area (Å²) in [5, 5.41) is 0. The maximum Gasteiger partial charge on any atom is 0.269 e. The van der Waals surface area contributed by atoms with Crippen LogP contribution in [0.3, 0.4) is 0 Å². The first-order valence-electron chi connectivity index (χ1n) is 10.2. The van der Waals surface area contributed by atoms with E-state index in [0.717, 1.165) is 5.56 Å². The predicted molar refractivity (Wildman–Crippen MR) is 123 cm³/mol. The summed E-state index contributed by atoms with van der Waals surface area (Å²) in [6.45, 7) is 0.108. The highest BCUT2D eigenvalue weighted by molar-refractivity contribution is 7.89. The number of hydrogen-bond acceptors (Lipinski definition) is 5. The second-order valence-corrected chi connectivity index (χ2v) is 8.90. The van der Waals surface area contributed by atoms with Gasteiger partial charge in [0.1, 0.15) is 0 Å². The number of benzene rings is 3. The van der Waals surface area contributed by atoms with Crippen molar-refractivity contribution in [3.8, 4) is 0 Å². The van der Waals surface area contributed by atoms with Crippen LogP contribution in [0, 0.1) is 0 Å². The molecule has 0 fully saturated rings. The van der Waals surface area contributed by atoms with Crippen molar-refractivity contribution in [1.82, 2.24) is 15.6 Å². The largest absolute Gasteiger partial charge is 0.294 e. The molecule has 0 bridgehead atoms. The molecule has 0 heterocycles. The molecule has 3 rings (SSSR count). The van der Waals surface area contributed by atoms with E-state index in [9.17, 15) is 22.8 Å². The average Bonchev–Trinajstić information content (AvgIpc) is 2.86. The Morgan fingerprint density at radius 3 is 2.03 bits per heavy atom. The van der Waals surface area contributed by atoms with Crippen LogP contribution in [-0.4, -0.2) is 26.0 Å². The molecule has 3 N–H and O–H groups in total. The zero-order chi connectivity index (χ0) is 23.7. The summed E-state index contributed by atoms with van der Waals surface area (Å²) in [5.74, 6) is -1.41. The molecule has 0 radical (unpaired) electrons. The molecule has 8 nitrogen and oxygen atoms in total. The number of ketones is 1. The SMILES string of the molecule is O=C(CCC(=O)c1ccccc1)NNC(=O)c1cccc(S(=O)(=O)NCc2ccccc2)c1. The summed E-state index contributed by atoms with van der Waals surface area (Å²) in [6.07, 6.45) is -0.113. The second kappa shape index (κ2) is 11.2. The van der Waals surface area contributed by atoms with E-state index in [1.54, 1.807) is 54.6 Å². The average molecular weight is 466 g/mol. The molecule has 3 aromatic carbocycles. The minimum atomic E-state index is -3.85. The van der Waals surface area contributed by atoms with Crippen LogP contribution in [0.5, 0.6) is 0 Å². The van der Waals surface area contributed by atoms with Gasteiger partial charge in [0.15, 0.2) is 5.78 Å². The van der Waals surface area contributed by atoms with Crippen LogP contribution in [0.25, 0.3) is 0 Å². The molecule has 0 unspecified atom stereocenters. The lowest BCUT2D eigenvalue weighted by Crippen LogP contribution is -2.41. The van der Waals surface area contributed by atoms with Crippen LogP contribution in [0.1, 0.15) is 39.1 Å². The fraction of sp³-hybridized carbons (Fsp3) is 0.125. The third-order valence-corrected chi connectivity index (χ3v) is 6.10. The van der Waals surface area contributed by atoms with Crippen molar-refractivity contribution in [1.29, 1.82) is 0 Å². The van der Waals surface area contributed by atoms with Gasteiger partial charge in [-0.05, 0) is 23.8 Å². The summed E-state index contributed by atoms with van der Waals surface area (Å²) < 4.78 is 27.6. The van der Waals surface area contributed by atoms with Crippen molar-refractivity contribution in [3.63, 3.8) is 0 Å². The van der Waals surface area contributed by atoms with Gasteiger partial charge in [-0.15, -0.1) is 0 Å². The molecule has 0 saturated carbocycles. The van der Waals surface area contributed by atoms with Crippen LogP contribution in [-0.2, 0) is 21.4 Å². The fourth-order valence-corrected chi connectivity index (χ4v) is 3.98. The normalized spacial score (nSPS) is 10.9.